The van der Waals surface area contributed by atoms with Crippen LogP contribution in [-0.4, -0.2) is 36.2 Å². The van der Waals surface area contributed by atoms with Gasteiger partial charge in [0.05, 0.1) is 11.2 Å². The molecule has 1 saturated heterocycles. The highest BCUT2D eigenvalue weighted by atomic mass is 16.5. The van der Waals surface area contributed by atoms with E-state index in [4.69, 9.17) is 4.74 Å². The zero-order valence-corrected chi connectivity index (χ0v) is 13.2. The monoisotopic (exact) mass is 303 g/mol. The van der Waals surface area contributed by atoms with Crippen LogP contribution >= 0.6 is 0 Å². The largest absolute Gasteiger partial charge is 0.375 e. The number of aromatic nitrogens is 1. The molecular weight excluding hydrogens is 278 g/mol. The maximum atomic E-state index is 12.0. The molecule has 0 aromatic carbocycles. The number of rotatable bonds is 3. The molecule has 1 aromatic rings. The summed E-state index contributed by atoms with van der Waals surface area (Å²) >= 11 is 0. The molecule has 1 spiro atoms. The maximum Gasteiger partial charge on any atom is 0.254 e. The Morgan fingerprint density at radius 3 is 2.95 bits per heavy atom. The summed E-state index contributed by atoms with van der Waals surface area (Å²) in [4.78, 5) is 16.3. The van der Waals surface area contributed by atoms with E-state index in [2.05, 4.69) is 15.6 Å². The average Bonchev–Trinajstić information content (AvgIpc) is 2.55. The predicted molar refractivity (Wildman–Crippen MR) is 86.0 cm³/mol. The van der Waals surface area contributed by atoms with Crippen molar-refractivity contribution in [2.75, 3.05) is 19.0 Å². The number of pyridine rings is 1. The highest BCUT2D eigenvalue weighted by Crippen LogP contribution is 2.39. The normalized spacial score (nSPS) is 24.0. The molecule has 3 rings (SSSR count). The lowest BCUT2D eigenvalue weighted by atomic mass is 9.78. The average molecular weight is 303 g/mol. The van der Waals surface area contributed by atoms with Crippen LogP contribution in [-0.2, 0) is 4.74 Å². The van der Waals surface area contributed by atoms with Crippen molar-refractivity contribution in [2.24, 2.45) is 0 Å². The summed E-state index contributed by atoms with van der Waals surface area (Å²) in [5.74, 6) is 0.578. The second kappa shape index (κ2) is 6.65. The van der Waals surface area contributed by atoms with Crippen LogP contribution in [0.1, 0.15) is 55.3 Å². The molecule has 0 radical (unpaired) electrons. The molecule has 5 nitrogen and oxygen atoms in total. The van der Waals surface area contributed by atoms with E-state index in [-0.39, 0.29) is 11.5 Å². The minimum absolute atomic E-state index is 0.0517. The highest BCUT2D eigenvalue weighted by molar-refractivity contribution is 5.98. The van der Waals surface area contributed by atoms with E-state index in [0.717, 1.165) is 32.3 Å². The molecule has 1 aliphatic carbocycles. The Hall–Kier alpha value is -1.62. The van der Waals surface area contributed by atoms with Gasteiger partial charge in [-0.05, 0) is 37.8 Å². The van der Waals surface area contributed by atoms with Crippen molar-refractivity contribution >= 4 is 11.7 Å². The number of anilines is 1. The molecule has 2 heterocycles. The number of carbonyl (C=O) groups is 1. The summed E-state index contributed by atoms with van der Waals surface area (Å²) in [6, 6.07) is 3.93. The quantitative estimate of drug-likeness (QED) is 0.901. The van der Waals surface area contributed by atoms with Gasteiger partial charge in [-0.3, -0.25) is 4.79 Å². The molecule has 120 valence electrons. The number of hydrogen-bond acceptors (Lipinski definition) is 4. The maximum absolute atomic E-state index is 12.0. The second-order valence-corrected chi connectivity index (χ2v) is 6.40. The summed E-state index contributed by atoms with van der Waals surface area (Å²) in [6.45, 7) is 0.791. The van der Waals surface area contributed by atoms with E-state index >= 15 is 0 Å². The number of amides is 1. The molecule has 1 atom stereocenters. The van der Waals surface area contributed by atoms with Gasteiger partial charge < -0.3 is 15.4 Å². The topological polar surface area (TPSA) is 63.2 Å². The fraction of sp³-hybridized carbons (Fsp3) is 0.647. The van der Waals surface area contributed by atoms with Gasteiger partial charge in [-0.15, -0.1) is 0 Å². The molecule has 1 aromatic heterocycles. The van der Waals surface area contributed by atoms with Crippen LogP contribution in [0.3, 0.4) is 0 Å². The van der Waals surface area contributed by atoms with Crippen LogP contribution in [0, 0.1) is 0 Å². The number of hydrogen-bond donors (Lipinski definition) is 2. The summed E-state index contributed by atoms with van der Waals surface area (Å²) < 4.78 is 6.13. The number of nitrogens with zero attached hydrogens (tertiary/aromatic N) is 1. The Balaban J connectivity index is 1.72. The molecule has 1 amide bonds. The third-order valence-electron chi connectivity index (χ3n) is 4.88. The fourth-order valence-electron chi connectivity index (χ4n) is 3.73. The van der Waals surface area contributed by atoms with Crippen molar-refractivity contribution in [3.8, 4) is 0 Å². The van der Waals surface area contributed by atoms with E-state index in [0.29, 0.717) is 17.4 Å². The van der Waals surface area contributed by atoms with E-state index in [1.54, 1.807) is 19.3 Å². The Bertz CT molecular complexity index is 521. The third kappa shape index (κ3) is 3.24. The first kappa shape index (κ1) is 15.3. The van der Waals surface area contributed by atoms with Crippen molar-refractivity contribution in [3.63, 3.8) is 0 Å². The minimum atomic E-state index is -0.102. The number of carbonyl (C=O) groups excluding carboxylic acids is 1. The predicted octanol–water partition coefficient (Wildman–Crippen LogP) is 2.74. The van der Waals surface area contributed by atoms with Crippen molar-refractivity contribution in [1.82, 2.24) is 10.3 Å². The van der Waals surface area contributed by atoms with Gasteiger partial charge in [-0.1, -0.05) is 19.3 Å². The van der Waals surface area contributed by atoms with Gasteiger partial charge in [0, 0.05) is 25.9 Å². The Kier molecular flexibility index (Phi) is 4.62. The van der Waals surface area contributed by atoms with Crippen molar-refractivity contribution in [2.45, 2.75) is 56.6 Å². The van der Waals surface area contributed by atoms with Crippen LogP contribution in [0.25, 0.3) is 0 Å². The van der Waals surface area contributed by atoms with Crippen LogP contribution in [0.4, 0.5) is 5.82 Å². The van der Waals surface area contributed by atoms with Crippen molar-refractivity contribution < 1.29 is 9.53 Å². The van der Waals surface area contributed by atoms with Crippen molar-refractivity contribution in [1.29, 1.82) is 0 Å². The molecule has 0 bridgehead atoms. The zero-order chi connectivity index (χ0) is 15.4. The van der Waals surface area contributed by atoms with Crippen LogP contribution < -0.4 is 10.6 Å². The summed E-state index contributed by atoms with van der Waals surface area (Å²) in [6.07, 6.45) is 9.88. The number of ether oxygens (including phenoxy) is 1. The Labute approximate surface area is 131 Å². The lowest BCUT2D eigenvalue weighted by Crippen LogP contribution is -2.45. The van der Waals surface area contributed by atoms with Gasteiger partial charge >= 0.3 is 0 Å². The lowest BCUT2D eigenvalue weighted by molar-refractivity contribution is -0.103. The van der Waals surface area contributed by atoms with Gasteiger partial charge in [-0.25, -0.2) is 4.98 Å². The van der Waals surface area contributed by atoms with Gasteiger partial charge in [0.1, 0.15) is 5.82 Å². The van der Waals surface area contributed by atoms with E-state index in [1.807, 2.05) is 6.07 Å². The smallest absolute Gasteiger partial charge is 0.254 e. The highest BCUT2D eigenvalue weighted by Gasteiger charge is 2.38. The van der Waals surface area contributed by atoms with Gasteiger partial charge in [0.25, 0.3) is 5.91 Å². The van der Waals surface area contributed by atoms with E-state index in [9.17, 15) is 4.79 Å². The summed E-state index contributed by atoms with van der Waals surface area (Å²) in [5.41, 5.74) is 0.657. The zero-order valence-electron chi connectivity index (χ0n) is 13.2. The molecule has 2 N–H and O–H groups in total. The number of nitrogens with one attached hydrogen (secondary N) is 2. The molecule has 1 saturated carbocycles. The molecule has 5 heteroatoms. The first-order chi connectivity index (χ1) is 10.7. The lowest BCUT2D eigenvalue weighted by Gasteiger charge is -2.43. The SMILES string of the molecule is CNC(=O)c1cccnc1NC1CCOC2(CCCCC2)C1. The molecule has 2 fully saturated rings. The molecule has 22 heavy (non-hydrogen) atoms. The van der Waals surface area contributed by atoms with Crippen LogP contribution in [0.5, 0.6) is 0 Å². The molecule has 1 aliphatic heterocycles. The first-order valence-corrected chi connectivity index (χ1v) is 8.30. The summed E-state index contributed by atoms with van der Waals surface area (Å²) in [7, 11) is 1.64. The van der Waals surface area contributed by atoms with Crippen LogP contribution in [0.15, 0.2) is 18.3 Å². The van der Waals surface area contributed by atoms with Gasteiger partial charge in [0.15, 0.2) is 0 Å². The molecule has 2 aliphatic rings. The Morgan fingerprint density at radius 2 is 2.18 bits per heavy atom. The Morgan fingerprint density at radius 1 is 1.36 bits per heavy atom. The fourth-order valence-corrected chi connectivity index (χ4v) is 3.73. The third-order valence-corrected chi connectivity index (χ3v) is 4.88. The second-order valence-electron chi connectivity index (χ2n) is 6.40. The van der Waals surface area contributed by atoms with E-state index in [1.165, 1.54) is 19.3 Å². The standard InChI is InChI=1S/C17H25N3O2/c1-18-16(21)14-6-5-10-19-15(14)20-13-7-11-22-17(12-13)8-3-2-4-9-17/h5-6,10,13H,2-4,7-9,11-12H2,1H3,(H,18,21)(H,19,20). The van der Waals surface area contributed by atoms with Gasteiger partial charge in [-0.2, -0.15) is 0 Å². The van der Waals surface area contributed by atoms with Gasteiger partial charge in [0.2, 0.25) is 0 Å². The van der Waals surface area contributed by atoms with E-state index < -0.39 is 0 Å². The molecule has 1 unspecified atom stereocenters. The summed E-state index contributed by atoms with van der Waals surface area (Å²) in [5, 5.41) is 6.16. The van der Waals surface area contributed by atoms with Crippen LogP contribution in [0.2, 0.25) is 0 Å². The van der Waals surface area contributed by atoms with Crippen molar-refractivity contribution in [3.05, 3.63) is 23.9 Å². The first-order valence-electron chi connectivity index (χ1n) is 8.30. The minimum Gasteiger partial charge on any atom is -0.375 e. The molecular formula is C17H25N3O2.